The van der Waals surface area contributed by atoms with Gasteiger partial charge in [0.1, 0.15) is 5.69 Å². The second-order valence-electron chi connectivity index (χ2n) is 6.50. The monoisotopic (exact) mass is 371 g/mol. The number of rotatable bonds is 3. The third-order valence-corrected chi connectivity index (χ3v) is 5.06. The summed E-state index contributed by atoms with van der Waals surface area (Å²) in [6, 6.07) is 8.52. The summed E-state index contributed by atoms with van der Waals surface area (Å²) in [5, 5.41) is 3.44. The molecular formula is C20H22ClN3O2. The molecule has 1 aliphatic rings. The highest BCUT2D eigenvalue weighted by molar-refractivity contribution is 6.31. The minimum Gasteiger partial charge on any atom is -0.337 e. The van der Waals surface area contributed by atoms with Gasteiger partial charge < -0.3 is 10.2 Å². The predicted octanol–water partition coefficient (Wildman–Crippen LogP) is 4.31. The highest BCUT2D eigenvalue weighted by Gasteiger charge is 2.20. The maximum Gasteiger partial charge on any atom is 0.272 e. The summed E-state index contributed by atoms with van der Waals surface area (Å²) in [6.07, 6.45) is 5.84. The lowest BCUT2D eigenvalue weighted by atomic mass is 10.1. The number of nitrogens with one attached hydrogen (secondary N) is 1. The van der Waals surface area contributed by atoms with Crippen molar-refractivity contribution in [3.8, 4) is 0 Å². The summed E-state index contributed by atoms with van der Waals surface area (Å²) in [6.45, 7) is 3.34. The average Bonchev–Trinajstić information content (AvgIpc) is 2.94. The van der Waals surface area contributed by atoms with Crippen molar-refractivity contribution in [2.24, 2.45) is 0 Å². The summed E-state index contributed by atoms with van der Waals surface area (Å²) < 4.78 is 0. The fraction of sp³-hybridized carbons (Fsp3) is 0.350. The number of halogens is 1. The molecule has 2 heterocycles. The van der Waals surface area contributed by atoms with E-state index in [4.69, 9.17) is 11.6 Å². The van der Waals surface area contributed by atoms with Crippen LogP contribution in [-0.4, -0.2) is 34.8 Å². The molecule has 0 aliphatic carbocycles. The molecule has 2 amide bonds. The molecule has 0 radical (unpaired) electrons. The van der Waals surface area contributed by atoms with Crippen LogP contribution in [0.4, 0.5) is 5.69 Å². The molecule has 0 saturated carbocycles. The van der Waals surface area contributed by atoms with E-state index in [1.165, 1.54) is 6.20 Å². The first-order valence-electron chi connectivity index (χ1n) is 8.88. The van der Waals surface area contributed by atoms with Gasteiger partial charge in [-0.3, -0.25) is 14.6 Å². The Morgan fingerprint density at radius 2 is 1.85 bits per heavy atom. The minimum absolute atomic E-state index is 0.111. The Hall–Kier alpha value is -2.40. The van der Waals surface area contributed by atoms with Gasteiger partial charge in [-0.2, -0.15) is 0 Å². The molecular weight excluding hydrogens is 350 g/mol. The molecule has 1 N–H and O–H groups in total. The van der Waals surface area contributed by atoms with E-state index in [1.807, 2.05) is 11.8 Å². The van der Waals surface area contributed by atoms with Gasteiger partial charge in [-0.25, -0.2) is 0 Å². The standard InChI is InChI=1S/C20H22ClN3O2/c1-14-16(21)7-6-8-17(14)23-19(25)15-9-10-22-18(13-15)20(26)24-11-4-2-3-5-12-24/h6-10,13H,2-5,11-12H2,1H3,(H,23,25). The van der Waals surface area contributed by atoms with Crippen LogP contribution >= 0.6 is 11.6 Å². The van der Waals surface area contributed by atoms with Gasteiger partial charge in [0, 0.05) is 35.6 Å². The zero-order valence-corrected chi connectivity index (χ0v) is 15.6. The fourth-order valence-corrected chi connectivity index (χ4v) is 3.24. The largest absolute Gasteiger partial charge is 0.337 e. The molecule has 1 aromatic carbocycles. The highest BCUT2D eigenvalue weighted by atomic mass is 35.5. The molecule has 3 rings (SSSR count). The lowest BCUT2D eigenvalue weighted by molar-refractivity contribution is 0.0755. The van der Waals surface area contributed by atoms with Gasteiger partial charge >= 0.3 is 0 Å². The van der Waals surface area contributed by atoms with Crippen molar-refractivity contribution in [2.45, 2.75) is 32.6 Å². The first-order chi connectivity index (χ1) is 12.6. The van der Waals surface area contributed by atoms with Crippen molar-refractivity contribution in [1.29, 1.82) is 0 Å². The predicted molar refractivity (Wildman–Crippen MR) is 103 cm³/mol. The number of likely N-dealkylation sites (tertiary alicyclic amines) is 1. The van der Waals surface area contributed by atoms with Crippen LogP contribution in [0.15, 0.2) is 36.5 Å². The number of aromatic nitrogens is 1. The SMILES string of the molecule is Cc1c(Cl)cccc1NC(=O)c1ccnc(C(=O)N2CCCCCC2)c1. The van der Waals surface area contributed by atoms with Crippen molar-refractivity contribution in [2.75, 3.05) is 18.4 Å². The quantitative estimate of drug-likeness (QED) is 0.874. The second-order valence-corrected chi connectivity index (χ2v) is 6.91. The molecule has 0 bridgehead atoms. The lowest BCUT2D eigenvalue weighted by Crippen LogP contribution is -2.32. The molecule has 1 fully saturated rings. The fourth-order valence-electron chi connectivity index (χ4n) is 3.06. The summed E-state index contributed by atoms with van der Waals surface area (Å²) in [5.41, 5.74) is 2.16. The van der Waals surface area contributed by atoms with Crippen molar-refractivity contribution in [3.05, 3.63) is 58.4 Å². The Balaban J connectivity index is 1.76. The third kappa shape index (κ3) is 4.22. The van der Waals surface area contributed by atoms with E-state index >= 15 is 0 Å². The molecule has 136 valence electrons. The van der Waals surface area contributed by atoms with Crippen LogP contribution in [0.2, 0.25) is 5.02 Å². The van der Waals surface area contributed by atoms with Crippen molar-refractivity contribution >= 4 is 29.1 Å². The maximum absolute atomic E-state index is 12.7. The number of benzene rings is 1. The number of hydrogen-bond acceptors (Lipinski definition) is 3. The van der Waals surface area contributed by atoms with Gasteiger partial charge in [-0.05, 0) is 49.6 Å². The average molecular weight is 372 g/mol. The Labute approximate surface area is 158 Å². The van der Waals surface area contributed by atoms with E-state index in [0.29, 0.717) is 22.0 Å². The lowest BCUT2D eigenvalue weighted by Gasteiger charge is -2.19. The molecule has 5 nitrogen and oxygen atoms in total. The summed E-state index contributed by atoms with van der Waals surface area (Å²) >= 11 is 6.10. The molecule has 2 aromatic rings. The van der Waals surface area contributed by atoms with E-state index in [2.05, 4.69) is 10.3 Å². The Bertz CT molecular complexity index is 814. The Morgan fingerprint density at radius 3 is 2.58 bits per heavy atom. The van der Waals surface area contributed by atoms with Crippen molar-refractivity contribution < 1.29 is 9.59 Å². The van der Waals surface area contributed by atoms with Gasteiger partial charge in [0.25, 0.3) is 11.8 Å². The third-order valence-electron chi connectivity index (χ3n) is 4.65. The smallest absolute Gasteiger partial charge is 0.272 e. The molecule has 6 heteroatoms. The first kappa shape index (κ1) is 18.4. The minimum atomic E-state index is -0.289. The number of nitrogens with zero attached hydrogens (tertiary/aromatic N) is 2. The number of carbonyl (C=O) groups is 2. The zero-order valence-electron chi connectivity index (χ0n) is 14.8. The van der Waals surface area contributed by atoms with Gasteiger partial charge in [0.05, 0.1) is 0 Å². The van der Waals surface area contributed by atoms with Crippen LogP contribution in [0.25, 0.3) is 0 Å². The summed E-state index contributed by atoms with van der Waals surface area (Å²) in [7, 11) is 0. The van der Waals surface area contributed by atoms with Crippen LogP contribution in [0.1, 0.15) is 52.1 Å². The normalized spacial score (nSPS) is 14.6. The van der Waals surface area contributed by atoms with Gasteiger partial charge in [-0.1, -0.05) is 30.5 Å². The number of carbonyl (C=O) groups excluding carboxylic acids is 2. The first-order valence-corrected chi connectivity index (χ1v) is 9.26. The van der Waals surface area contributed by atoms with Gasteiger partial charge in [0.15, 0.2) is 0 Å². The van der Waals surface area contributed by atoms with E-state index in [-0.39, 0.29) is 11.8 Å². The molecule has 1 aromatic heterocycles. The van der Waals surface area contributed by atoms with Crippen LogP contribution in [-0.2, 0) is 0 Å². The number of pyridine rings is 1. The van der Waals surface area contributed by atoms with Crippen LogP contribution < -0.4 is 5.32 Å². The van der Waals surface area contributed by atoms with E-state index < -0.39 is 0 Å². The van der Waals surface area contributed by atoms with Crippen LogP contribution in [0, 0.1) is 6.92 Å². The van der Waals surface area contributed by atoms with Crippen LogP contribution in [0.3, 0.4) is 0 Å². The molecule has 0 atom stereocenters. The van der Waals surface area contributed by atoms with E-state index in [0.717, 1.165) is 44.3 Å². The van der Waals surface area contributed by atoms with Crippen molar-refractivity contribution in [1.82, 2.24) is 9.88 Å². The summed E-state index contributed by atoms with van der Waals surface area (Å²) in [5.74, 6) is -0.400. The molecule has 26 heavy (non-hydrogen) atoms. The zero-order chi connectivity index (χ0) is 18.5. The Kier molecular flexibility index (Phi) is 5.89. The molecule has 0 spiro atoms. The molecule has 1 aliphatic heterocycles. The van der Waals surface area contributed by atoms with E-state index in [9.17, 15) is 9.59 Å². The Morgan fingerprint density at radius 1 is 1.12 bits per heavy atom. The number of anilines is 1. The topological polar surface area (TPSA) is 62.3 Å². The van der Waals surface area contributed by atoms with Crippen LogP contribution in [0.5, 0.6) is 0 Å². The molecule has 0 unspecified atom stereocenters. The molecule has 1 saturated heterocycles. The van der Waals surface area contributed by atoms with Gasteiger partial charge in [0.2, 0.25) is 0 Å². The van der Waals surface area contributed by atoms with E-state index in [1.54, 1.807) is 30.3 Å². The second kappa shape index (κ2) is 8.32. The number of amides is 2. The maximum atomic E-state index is 12.7. The highest BCUT2D eigenvalue weighted by Crippen LogP contribution is 2.23. The number of hydrogen-bond donors (Lipinski definition) is 1. The van der Waals surface area contributed by atoms with Gasteiger partial charge in [-0.15, -0.1) is 0 Å². The van der Waals surface area contributed by atoms with Crippen molar-refractivity contribution in [3.63, 3.8) is 0 Å². The summed E-state index contributed by atoms with van der Waals surface area (Å²) in [4.78, 5) is 31.3.